The van der Waals surface area contributed by atoms with Crippen LogP contribution in [0.2, 0.25) is 0 Å². The number of nitrogens with one attached hydrogen (secondary N) is 1. The van der Waals surface area contributed by atoms with Gasteiger partial charge in [0.25, 0.3) is 0 Å². The van der Waals surface area contributed by atoms with Crippen LogP contribution in [0.1, 0.15) is 59.8 Å². The van der Waals surface area contributed by atoms with E-state index in [1.165, 1.54) is 38.6 Å². The van der Waals surface area contributed by atoms with Gasteiger partial charge in [-0.1, -0.05) is 34.1 Å². The zero-order valence-corrected chi connectivity index (χ0v) is 11.6. The Bertz CT molecular complexity index is 230. The van der Waals surface area contributed by atoms with Crippen molar-refractivity contribution in [3.05, 3.63) is 0 Å². The fourth-order valence-electron chi connectivity index (χ4n) is 3.20. The fourth-order valence-corrected chi connectivity index (χ4v) is 3.20. The molecule has 0 aromatic rings. The summed E-state index contributed by atoms with van der Waals surface area (Å²) < 4.78 is 0. The second-order valence-electron chi connectivity index (χ2n) is 7.12. The van der Waals surface area contributed by atoms with Crippen molar-refractivity contribution in [1.82, 2.24) is 5.32 Å². The third-order valence-corrected chi connectivity index (χ3v) is 4.92. The first kappa shape index (κ1) is 12.4. The van der Waals surface area contributed by atoms with Crippen LogP contribution in [0.15, 0.2) is 0 Å². The number of rotatable bonds is 4. The maximum absolute atomic E-state index is 3.89. The lowest BCUT2D eigenvalue weighted by molar-refractivity contribution is 0.165. The summed E-state index contributed by atoms with van der Waals surface area (Å²) >= 11 is 0. The fraction of sp³-hybridized carbons (Fsp3) is 1.00. The Hall–Kier alpha value is -0.0400. The van der Waals surface area contributed by atoms with E-state index in [-0.39, 0.29) is 0 Å². The molecule has 2 aliphatic carbocycles. The van der Waals surface area contributed by atoms with Crippen LogP contribution in [0.5, 0.6) is 0 Å². The molecule has 1 N–H and O–H groups in total. The summed E-state index contributed by atoms with van der Waals surface area (Å²) in [6.07, 6.45) is 7.16. The molecule has 0 bridgehead atoms. The highest BCUT2D eigenvalue weighted by Gasteiger charge is 2.38. The third kappa shape index (κ3) is 3.00. The maximum Gasteiger partial charge on any atom is 0.0100 e. The molecule has 0 aromatic heterocycles. The molecule has 0 aromatic carbocycles. The molecule has 1 heteroatoms. The van der Waals surface area contributed by atoms with Gasteiger partial charge < -0.3 is 5.32 Å². The summed E-state index contributed by atoms with van der Waals surface area (Å²) in [5.41, 5.74) is 0.655. The van der Waals surface area contributed by atoms with Crippen LogP contribution >= 0.6 is 0 Å². The van der Waals surface area contributed by atoms with Crippen molar-refractivity contribution in [3.8, 4) is 0 Å². The van der Waals surface area contributed by atoms with Crippen molar-refractivity contribution in [3.63, 3.8) is 0 Å². The maximum atomic E-state index is 3.89. The smallest absolute Gasteiger partial charge is 0.0100 e. The molecule has 0 radical (unpaired) electrons. The lowest BCUT2D eigenvalue weighted by Gasteiger charge is -2.38. The molecule has 0 saturated heterocycles. The van der Waals surface area contributed by atoms with E-state index in [2.05, 4.69) is 33.0 Å². The van der Waals surface area contributed by atoms with Gasteiger partial charge in [-0.3, -0.25) is 0 Å². The minimum atomic E-state index is 0.655. The van der Waals surface area contributed by atoms with Crippen molar-refractivity contribution in [2.24, 2.45) is 23.2 Å². The summed E-state index contributed by atoms with van der Waals surface area (Å²) in [5.74, 6) is 2.69. The Morgan fingerprint density at radius 3 is 2.50 bits per heavy atom. The minimum Gasteiger partial charge on any atom is -0.313 e. The van der Waals surface area contributed by atoms with Gasteiger partial charge in [0.2, 0.25) is 0 Å². The van der Waals surface area contributed by atoms with Crippen LogP contribution in [0.4, 0.5) is 0 Å². The van der Waals surface area contributed by atoms with E-state index in [1.54, 1.807) is 0 Å². The second-order valence-corrected chi connectivity index (χ2v) is 7.12. The van der Waals surface area contributed by atoms with Gasteiger partial charge in [0.1, 0.15) is 0 Å². The summed E-state index contributed by atoms with van der Waals surface area (Å²) in [5, 5.41) is 3.89. The minimum absolute atomic E-state index is 0.655. The molecule has 16 heavy (non-hydrogen) atoms. The van der Waals surface area contributed by atoms with Crippen LogP contribution in [0.25, 0.3) is 0 Å². The van der Waals surface area contributed by atoms with E-state index in [1.807, 2.05) is 0 Å². The predicted molar refractivity (Wildman–Crippen MR) is 70.5 cm³/mol. The van der Waals surface area contributed by atoms with Crippen molar-refractivity contribution < 1.29 is 0 Å². The van der Waals surface area contributed by atoms with Gasteiger partial charge in [0.05, 0.1) is 0 Å². The molecule has 2 aliphatic rings. The first-order valence-electron chi connectivity index (χ1n) is 7.23. The van der Waals surface area contributed by atoms with E-state index >= 15 is 0 Å². The summed E-state index contributed by atoms with van der Waals surface area (Å²) in [6, 6.07) is 0.793. The van der Waals surface area contributed by atoms with Crippen LogP contribution in [0, 0.1) is 23.2 Å². The normalized spacial score (nSPS) is 37.7. The van der Waals surface area contributed by atoms with Gasteiger partial charge in [0, 0.05) is 12.6 Å². The highest BCUT2D eigenvalue weighted by molar-refractivity contribution is 4.93. The molecule has 3 unspecified atom stereocenters. The molecule has 0 spiro atoms. The molecule has 2 rings (SSSR count). The van der Waals surface area contributed by atoms with Crippen molar-refractivity contribution in [2.75, 3.05) is 6.54 Å². The highest BCUT2D eigenvalue weighted by atomic mass is 14.9. The molecule has 1 nitrogen and oxygen atoms in total. The molecule has 2 saturated carbocycles. The molecular weight excluding hydrogens is 194 g/mol. The molecule has 0 heterocycles. The molecule has 0 aliphatic heterocycles. The molecule has 3 atom stereocenters. The van der Waals surface area contributed by atoms with Gasteiger partial charge in [0.15, 0.2) is 0 Å². The topological polar surface area (TPSA) is 12.0 Å². The van der Waals surface area contributed by atoms with Gasteiger partial charge in [-0.15, -0.1) is 0 Å². The van der Waals surface area contributed by atoms with Crippen LogP contribution < -0.4 is 5.32 Å². The average Bonchev–Trinajstić information content (AvgIpc) is 2.94. The van der Waals surface area contributed by atoms with Crippen molar-refractivity contribution in [1.29, 1.82) is 0 Å². The molecule has 2 fully saturated rings. The second kappa shape index (κ2) is 4.68. The number of hydrogen-bond acceptors (Lipinski definition) is 1. The molecular formula is C15H29N. The Kier molecular flexibility index (Phi) is 3.63. The van der Waals surface area contributed by atoms with E-state index < -0.39 is 0 Å². The lowest BCUT2D eigenvalue weighted by atomic mass is 9.74. The molecule has 94 valence electrons. The number of hydrogen-bond donors (Lipinski definition) is 1. The quantitative estimate of drug-likeness (QED) is 0.763. The van der Waals surface area contributed by atoms with Gasteiger partial charge in [-0.25, -0.2) is 0 Å². The van der Waals surface area contributed by atoms with E-state index in [0.29, 0.717) is 5.41 Å². The SMILES string of the molecule is CC1CCC(C(C)C)C(NCC2(C)CC2)C1. The van der Waals surface area contributed by atoms with Crippen LogP contribution in [-0.4, -0.2) is 12.6 Å². The van der Waals surface area contributed by atoms with Gasteiger partial charge >= 0.3 is 0 Å². The van der Waals surface area contributed by atoms with Crippen molar-refractivity contribution >= 4 is 0 Å². The summed E-state index contributed by atoms with van der Waals surface area (Å²) in [4.78, 5) is 0. The van der Waals surface area contributed by atoms with E-state index in [9.17, 15) is 0 Å². The summed E-state index contributed by atoms with van der Waals surface area (Å²) in [6.45, 7) is 10.9. The standard InChI is InChI=1S/C15H29N/c1-11(2)13-6-5-12(3)9-14(13)16-10-15(4)7-8-15/h11-14,16H,5-10H2,1-4H3. The lowest BCUT2D eigenvalue weighted by Crippen LogP contribution is -2.44. The Morgan fingerprint density at radius 2 is 1.94 bits per heavy atom. The predicted octanol–water partition coefficient (Wildman–Crippen LogP) is 3.84. The zero-order valence-electron chi connectivity index (χ0n) is 11.6. The highest BCUT2D eigenvalue weighted by Crippen LogP contribution is 2.44. The Morgan fingerprint density at radius 1 is 1.25 bits per heavy atom. The van der Waals surface area contributed by atoms with Gasteiger partial charge in [-0.05, 0) is 48.9 Å². The first-order chi connectivity index (χ1) is 7.50. The molecule has 0 amide bonds. The Balaban J connectivity index is 1.86. The van der Waals surface area contributed by atoms with Crippen LogP contribution in [0.3, 0.4) is 0 Å². The van der Waals surface area contributed by atoms with Crippen LogP contribution in [-0.2, 0) is 0 Å². The average molecular weight is 223 g/mol. The Labute approximate surface area is 101 Å². The van der Waals surface area contributed by atoms with Gasteiger partial charge in [-0.2, -0.15) is 0 Å². The third-order valence-electron chi connectivity index (χ3n) is 4.92. The monoisotopic (exact) mass is 223 g/mol. The first-order valence-corrected chi connectivity index (χ1v) is 7.23. The van der Waals surface area contributed by atoms with E-state index in [4.69, 9.17) is 0 Å². The summed E-state index contributed by atoms with van der Waals surface area (Å²) in [7, 11) is 0. The van der Waals surface area contributed by atoms with E-state index in [0.717, 1.165) is 23.8 Å². The largest absolute Gasteiger partial charge is 0.313 e. The van der Waals surface area contributed by atoms with Crippen molar-refractivity contribution in [2.45, 2.75) is 65.8 Å². The zero-order chi connectivity index (χ0) is 11.8.